The van der Waals surface area contributed by atoms with Crippen LogP contribution in [-0.2, 0) is 11.3 Å². The molecule has 0 aliphatic carbocycles. The number of anilines is 3. The lowest BCUT2D eigenvalue weighted by atomic mass is 10.3. The number of ether oxygens (including phenoxy) is 1. The molecular weight excluding hydrogens is 261 g/mol. The summed E-state index contributed by atoms with van der Waals surface area (Å²) in [6.45, 7) is 2.76. The fourth-order valence-corrected chi connectivity index (χ4v) is 1.57. The molecular formula is C13H16FN5O. The van der Waals surface area contributed by atoms with E-state index in [-0.39, 0.29) is 5.82 Å². The van der Waals surface area contributed by atoms with Crippen LogP contribution < -0.4 is 16.6 Å². The molecule has 0 fully saturated rings. The fraction of sp³-hybridized carbons (Fsp3) is 0.231. The second-order valence-electron chi connectivity index (χ2n) is 3.97. The van der Waals surface area contributed by atoms with Crippen molar-refractivity contribution in [1.29, 1.82) is 0 Å². The predicted octanol–water partition coefficient (Wildman–Crippen LogP) is 2.18. The number of nitrogens with two attached hydrogens (primary N) is 1. The third-order valence-corrected chi connectivity index (χ3v) is 2.47. The highest BCUT2D eigenvalue weighted by atomic mass is 19.1. The van der Waals surface area contributed by atoms with Crippen LogP contribution in [0.3, 0.4) is 0 Å². The zero-order chi connectivity index (χ0) is 14.4. The lowest BCUT2D eigenvalue weighted by Gasteiger charge is -2.09. The standard InChI is InChI=1S/C13H16FN5O/c1-2-20-8-13-17-11(7-12(18-13)19-15)16-10-5-3-9(14)4-6-10/h3-7H,2,8,15H2,1H3,(H2,16,17,18,19). The summed E-state index contributed by atoms with van der Waals surface area (Å²) in [6.07, 6.45) is 0. The number of rotatable bonds is 6. The van der Waals surface area contributed by atoms with Gasteiger partial charge in [0.15, 0.2) is 5.82 Å². The smallest absolute Gasteiger partial charge is 0.158 e. The minimum Gasteiger partial charge on any atom is -0.374 e. The van der Waals surface area contributed by atoms with E-state index in [9.17, 15) is 4.39 Å². The molecule has 0 spiro atoms. The van der Waals surface area contributed by atoms with Crippen molar-refractivity contribution in [2.45, 2.75) is 13.5 Å². The van der Waals surface area contributed by atoms with Crippen molar-refractivity contribution in [3.05, 3.63) is 42.0 Å². The van der Waals surface area contributed by atoms with Crippen molar-refractivity contribution >= 4 is 17.3 Å². The number of nitrogen functional groups attached to an aromatic ring is 1. The summed E-state index contributed by atoms with van der Waals surface area (Å²) in [5, 5.41) is 3.05. The Morgan fingerprint density at radius 2 is 1.90 bits per heavy atom. The molecule has 0 bridgehead atoms. The first-order valence-corrected chi connectivity index (χ1v) is 6.16. The molecule has 7 heteroatoms. The van der Waals surface area contributed by atoms with Gasteiger partial charge in [0.05, 0.1) is 0 Å². The van der Waals surface area contributed by atoms with Gasteiger partial charge in [-0.25, -0.2) is 20.2 Å². The second kappa shape index (κ2) is 6.78. The van der Waals surface area contributed by atoms with E-state index in [1.165, 1.54) is 12.1 Å². The molecule has 1 aromatic carbocycles. The summed E-state index contributed by atoms with van der Waals surface area (Å²) in [6, 6.07) is 7.63. The average Bonchev–Trinajstić information content (AvgIpc) is 2.47. The van der Waals surface area contributed by atoms with Gasteiger partial charge in [0.25, 0.3) is 0 Å². The van der Waals surface area contributed by atoms with E-state index in [2.05, 4.69) is 20.7 Å². The van der Waals surface area contributed by atoms with E-state index in [0.717, 1.165) is 5.69 Å². The van der Waals surface area contributed by atoms with Gasteiger partial charge < -0.3 is 15.5 Å². The zero-order valence-corrected chi connectivity index (χ0v) is 11.1. The Morgan fingerprint density at radius 1 is 1.20 bits per heavy atom. The van der Waals surface area contributed by atoms with E-state index in [4.69, 9.17) is 10.6 Å². The second-order valence-corrected chi connectivity index (χ2v) is 3.97. The highest BCUT2D eigenvalue weighted by Crippen LogP contribution is 2.17. The van der Waals surface area contributed by atoms with Crippen LogP contribution in [0.2, 0.25) is 0 Å². The molecule has 20 heavy (non-hydrogen) atoms. The monoisotopic (exact) mass is 277 g/mol. The number of hydrogen-bond acceptors (Lipinski definition) is 6. The molecule has 1 aromatic heterocycles. The maximum absolute atomic E-state index is 12.9. The molecule has 2 aromatic rings. The Bertz CT molecular complexity index is 561. The van der Waals surface area contributed by atoms with Gasteiger partial charge in [-0.2, -0.15) is 0 Å². The number of nitrogens with one attached hydrogen (secondary N) is 2. The van der Waals surface area contributed by atoms with Crippen LogP contribution in [0.4, 0.5) is 21.7 Å². The molecule has 0 aliphatic rings. The number of nitrogens with zero attached hydrogens (tertiary/aromatic N) is 2. The molecule has 0 saturated heterocycles. The molecule has 0 saturated carbocycles. The molecule has 0 aliphatic heterocycles. The molecule has 6 nitrogen and oxygen atoms in total. The minimum atomic E-state index is -0.292. The number of halogens is 1. The maximum atomic E-state index is 12.9. The van der Waals surface area contributed by atoms with Crippen molar-refractivity contribution in [1.82, 2.24) is 9.97 Å². The van der Waals surface area contributed by atoms with Crippen molar-refractivity contribution in [3.8, 4) is 0 Å². The van der Waals surface area contributed by atoms with E-state index < -0.39 is 0 Å². The molecule has 4 N–H and O–H groups in total. The fourth-order valence-electron chi connectivity index (χ4n) is 1.57. The summed E-state index contributed by atoms with van der Waals surface area (Å²) in [5.74, 6) is 6.61. The quantitative estimate of drug-likeness (QED) is 0.554. The molecule has 0 amide bonds. The van der Waals surface area contributed by atoms with E-state index in [0.29, 0.717) is 30.7 Å². The van der Waals surface area contributed by atoms with Crippen LogP contribution >= 0.6 is 0 Å². The van der Waals surface area contributed by atoms with Gasteiger partial charge in [-0.15, -0.1) is 0 Å². The minimum absolute atomic E-state index is 0.292. The molecule has 2 rings (SSSR count). The zero-order valence-electron chi connectivity index (χ0n) is 11.1. The van der Waals surface area contributed by atoms with Crippen LogP contribution in [0.15, 0.2) is 30.3 Å². The van der Waals surface area contributed by atoms with Crippen molar-refractivity contribution < 1.29 is 9.13 Å². The lowest BCUT2D eigenvalue weighted by Crippen LogP contribution is -2.12. The van der Waals surface area contributed by atoms with Gasteiger partial charge in [-0.3, -0.25) is 0 Å². The highest BCUT2D eigenvalue weighted by molar-refractivity contribution is 5.58. The summed E-state index contributed by atoms with van der Waals surface area (Å²) >= 11 is 0. The van der Waals surface area contributed by atoms with E-state index >= 15 is 0 Å². The number of hydrazine groups is 1. The third-order valence-electron chi connectivity index (χ3n) is 2.47. The van der Waals surface area contributed by atoms with Crippen molar-refractivity contribution in [3.63, 3.8) is 0 Å². The van der Waals surface area contributed by atoms with Crippen LogP contribution in [0.5, 0.6) is 0 Å². The summed E-state index contributed by atoms with van der Waals surface area (Å²) in [4.78, 5) is 8.47. The predicted molar refractivity (Wildman–Crippen MR) is 74.9 cm³/mol. The van der Waals surface area contributed by atoms with Gasteiger partial charge >= 0.3 is 0 Å². The number of aromatic nitrogens is 2. The Hall–Kier alpha value is -2.25. The third kappa shape index (κ3) is 3.87. The van der Waals surface area contributed by atoms with E-state index in [1.54, 1.807) is 18.2 Å². The average molecular weight is 277 g/mol. The topological polar surface area (TPSA) is 85.1 Å². The first kappa shape index (κ1) is 14.2. The first-order valence-electron chi connectivity index (χ1n) is 6.16. The number of benzene rings is 1. The van der Waals surface area contributed by atoms with Crippen molar-refractivity contribution in [2.24, 2.45) is 5.84 Å². The Labute approximate surface area is 116 Å². The number of hydrogen-bond donors (Lipinski definition) is 3. The normalized spacial score (nSPS) is 10.3. The highest BCUT2D eigenvalue weighted by Gasteiger charge is 2.05. The van der Waals surface area contributed by atoms with Gasteiger partial charge in [0.2, 0.25) is 0 Å². The largest absolute Gasteiger partial charge is 0.374 e. The van der Waals surface area contributed by atoms with Gasteiger partial charge in [-0.05, 0) is 31.2 Å². The first-order chi connectivity index (χ1) is 9.71. The van der Waals surface area contributed by atoms with Crippen LogP contribution in [0.1, 0.15) is 12.7 Å². The Balaban J connectivity index is 2.19. The van der Waals surface area contributed by atoms with Gasteiger partial charge in [0, 0.05) is 18.4 Å². The van der Waals surface area contributed by atoms with Crippen LogP contribution in [-0.4, -0.2) is 16.6 Å². The molecule has 0 radical (unpaired) electrons. The molecule has 0 atom stereocenters. The summed E-state index contributed by atoms with van der Waals surface area (Å²) in [5.41, 5.74) is 3.19. The molecule has 0 unspecified atom stereocenters. The summed E-state index contributed by atoms with van der Waals surface area (Å²) < 4.78 is 18.1. The maximum Gasteiger partial charge on any atom is 0.158 e. The van der Waals surface area contributed by atoms with Gasteiger partial charge in [0.1, 0.15) is 24.1 Å². The van der Waals surface area contributed by atoms with Crippen LogP contribution in [0, 0.1) is 5.82 Å². The van der Waals surface area contributed by atoms with Crippen LogP contribution in [0.25, 0.3) is 0 Å². The Kier molecular flexibility index (Phi) is 4.80. The Morgan fingerprint density at radius 3 is 2.55 bits per heavy atom. The SMILES string of the molecule is CCOCc1nc(NN)cc(Nc2ccc(F)cc2)n1. The van der Waals surface area contributed by atoms with Gasteiger partial charge in [-0.1, -0.05) is 0 Å². The lowest BCUT2D eigenvalue weighted by molar-refractivity contribution is 0.128. The molecule has 1 heterocycles. The summed E-state index contributed by atoms with van der Waals surface area (Å²) in [7, 11) is 0. The van der Waals surface area contributed by atoms with Crippen molar-refractivity contribution in [2.75, 3.05) is 17.3 Å². The van der Waals surface area contributed by atoms with E-state index in [1.807, 2.05) is 6.92 Å². The molecule has 106 valence electrons.